The largest absolute Gasteiger partial charge is 0.423 e. The standard InChI is InChI=1S/C21H14ClN3O3S/c22-18-19(12-4-2-1-3-5-12)25(20(18)27)21-24-16(11-29-21)23-14-7-8-15-13(10-14)6-9-17(26)28-15/h1-11,18-19,23H. The number of amides is 1. The van der Waals surface area contributed by atoms with Crippen LogP contribution in [0.15, 0.2) is 75.3 Å². The van der Waals surface area contributed by atoms with Gasteiger partial charge >= 0.3 is 5.63 Å². The maximum atomic E-state index is 12.4. The average molecular weight is 424 g/mol. The molecule has 0 aliphatic carbocycles. The van der Waals surface area contributed by atoms with Crippen molar-refractivity contribution in [3.05, 3.63) is 82.0 Å². The number of benzene rings is 2. The Hall–Kier alpha value is -3.16. The van der Waals surface area contributed by atoms with Crippen LogP contribution in [0.3, 0.4) is 0 Å². The van der Waals surface area contributed by atoms with E-state index < -0.39 is 5.38 Å². The normalized spacial score (nSPS) is 18.7. The van der Waals surface area contributed by atoms with Gasteiger partial charge in [0.1, 0.15) is 16.8 Å². The Kier molecular flexibility index (Phi) is 4.34. The van der Waals surface area contributed by atoms with E-state index in [1.165, 1.54) is 17.4 Å². The van der Waals surface area contributed by atoms with Crippen LogP contribution in [0.25, 0.3) is 11.0 Å². The highest BCUT2D eigenvalue weighted by Gasteiger charge is 2.49. The molecule has 2 aromatic heterocycles. The third-order valence-electron chi connectivity index (χ3n) is 4.76. The molecule has 1 amide bonds. The average Bonchev–Trinajstić information content (AvgIpc) is 3.19. The number of carbonyl (C=O) groups excluding carboxylic acids is 1. The van der Waals surface area contributed by atoms with Gasteiger partial charge in [0.2, 0.25) is 5.91 Å². The number of alkyl halides is 1. The first-order chi connectivity index (χ1) is 14.1. The molecule has 2 unspecified atom stereocenters. The Morgan fingerprint density at radius 2 is 1.90 bits per heavy atom. The number of rotatable bonds is 4. The van der Waals surface area contributed by atoms with Crippen molar-refractivity contribution in [3.8, 4) is 0 Å². The third-order valence-corrected chi connectivity index (χ3v) is 6.02. The molecule has 3 heterocycles. The van der Waals surface area contributed by atoms with Gasteiger partial charge in [-0.15, -0.1) is 22.9 Å². The Morgan fingerprint density at radius 1 is 1.07 bits per heavy atom. The number of fused-ring (bicyclic) bond motifs is 1. The molecule has 4 aromatic rings. The van der Waals surface area contributed by atoms with Gasteiger partial charge in [0.25, 0.3) is 0 Å². The molecule has 8 heteroatoms. The smallest absolute Gasteiger partial charge is 0.336 e. The third kappa shape index (κ3) is 3.18. The number of β-lactam (4-membered cyclic amide) rings is 1. The van der Waals surface area contributed by atoms with Gasteiger partial charge in [0.15, 0.2) is 5.13 Å². The quantitative estimate of drug-likeness (QED) is 0.293. The molecule has 1 N–H and O–H groups in total. The first-order valence-electron chi connectivity index (χ1n) is 8.89. The van der Waals surface area contributed by atoms with Gasteiger partial charge < -0.3 is 9.73 Å². The van der Waals surface area contributed by atoms with Crippen LogP contribution in [0.1, 0.15) is 11.6 Å². The van der Waals surface area contributed by atoms with Crippen LogP contribution in [0, 0.1) is 0 Å². The van der Waals surface area contributed by atoms with Crippen LogP contribution in [0.5, 0.6) is 0 Å². The lowest BCUT2D eigenvalue weighted by molar-refractivity contribution is -0.123. The van der Waals surface area contributed by atoms with Gasteiger partial charge in [-0.3, -0.25) is 9.69 Å². The predicted octanol–water partition coefficient (Wildman–Crippen LogP) is 4.69. The van der Waals surface area contributed by atoms with Crippen molar-refractivity contribution in [1.82, 2.24) is 4.98 Å². The van der Waals surface area contributed by atoms with E-state index in [1.807, 2.05) is 41.8 Å². The molecule has 2 aromatic carbocycles. The van der Waals surface area contributed by atoms with E-state index in [2.05, 4.69) is 10.3 Å². The molecule has 5 rings (SSSR count). The summed E-state index contributed by atoms with van der Waals surface area (Å²) < 4.78 is 5.15. The Balaban J connectivity index is 1.40. The second-order valence-corrected chi connectivity index (χ2v) is 7.92. The SMILES string of the molecule is O=C1C(Cl)C(c2ccccc2)N1c1nc(Nc2ccc3oc(=O)ccc3c2)cs1. The predicted molar refractivity (Wildman–Crippen MR) is 114 cm³/mol. The number of halogens is 1. The van der Waals surface area contributed by atoms with Crippen molar-refractivity contribution in [2.24, 2.45) is 0 Å². The van der Waals surface area contributed by atoms with Gasteiger partial charge in [-0.2, -0.15) is 0 Å². The summed E-state index contributed by atoms with van der Waals surface area (Å²) in [7, 11) is 0. The van der Waals surface area contributed by atoms with Crippen LogP contribution in [0.2, 0.25) is 0 Å². The molecular weight excluding hydrogens is 410 g/mol. The van der Waals surface area contributed by atoms with Crippen molar-refractivity contribution >= 4 is 56.5 Å². The summed E-state index contributed by atoms with van der Waals surface area (Å²) in [6.07, 6.45) is 0. The molecule has 2 atom stereocenters. The van der Waals surface area contributed by atoms with E-state index in [4.69, 9.17) is 16.0 Å². The molecule has 0 spiro atoms. The second kappa shape index (κ2) is 7.02. The molecule has 0 saturated carbocycles. The zero-order valence-electron chi connectivity index (χ0n) is 14.9. The minimum absolute atomic E-state index is 0.151. The minimum Gasteiger partial charge on any atom is -0.423 e. The van der Waals surface area contributed by atoms with Gasteiger partial charge in [-0.05, 0) is 29.8 Å². The highest BCUT2D eigenvalue weighted by Crippen LogP contribution is 2.43. The van der Waals surface area contributed by atoms with Crippen LogP contribution >= 0.6 is 22.9 Å². The summed E-state index contributed by atoms with van der Waals surface area (Å²) in [6.45, 7) is 0. The molecule has 6 nitrogen and oxygen atoms in total. The maximum absolute atomic E-state index is 12.4. The number of carbonyl (C=O) groups is 1. The molecular formula is C21H14ClN3O3S. The molecule has 1 saturated heterocycles. The van der Waals surface area contributed by atoms with Crippen molar-refractivity contribution in [1.29, 1.82) is 0 Å². The van der Waals surface area contributed by atoms with Crippen molar-refractivity contribution in [3.63, 3.8) is 0 Å². The second-order valence-electron chi connectivity index (χ2n) is 6.61. The van der Waals surface area contributed by atoms with E-state index in [-0.39, 0.29) is 17.6 Å². The number of nitrogens with one attached hydrogen (secondary N) is 1. The van der Waals surface area contributed by atoms with E-state index in [1.54, 1.807) is 23.1 Å². The number of hydrogen-bond donors (Lipinski definition) is 1. The Labute approximate surface area is 174 Å². The fourth-order valence-corrected chi connectivity index (χ4v) is 4.53. The highest BCUT2D eigenvalue weighted by molar-refractivity contribution is 7.14. The number of aromatic nitrogens is 1. The molecule has 0 radical (unpaired) electrons. The molecule has 144 valence electrons. The molecule has 1 aliphatic rings. The highest BCUT2D eigenvalue weighted by atomic mass is 35.5. The van der Waals surface area contributed by atoms with Crippen LogP contribution < -0.4 is 15.8 Å². The van der Waals surface area contributed by atoms with Gasteiger partial charge in [0.05, 0.1) is 6.04 Å². The first kappa shape index (κ1) is 17.9. The molecule has 1 fully saturated rings. The van der Waals surface area contributed by atoms with E-state index in [9.17, 15) is 9.59 Å². The lowest BCUT2D eigenvalue weighted by Crippen LogP contribution is -2.56. The van der Waals surface area contributed by atoms with E-state index in [0.29, 0.717) is 16.5 Å². The number of thiazole rings is 1. The van der Waals surface area contributed by atoms with Gasteiger partial charge in [0, 0.05) is 22.5 Å². The lowest BCUT2D eigenvalue weighted by atomic mass is 9.94. The molecule has 29 heavy (non-hydrogen) atoms. The Bertz CT molecular complexity index is 1270. The van der Waals surface area contributed by atoms with Gasteiger partial charge in [-0.1, -0.05) is 30.3 Å². The first-order valence-corrected chi connectivity index (χ1v) is 10.2. The zero-order valence-corrected chi connectivity index (χ0v) is 16.5. The minimum atomic E-state index is -0.590. The zero-order chi connectivity index (χ0) is 20.0. The fourth-order valence-electron chi connectivity index (χ4n) is 3.37. The maximum Gasteiger partial charge on any atom is 0.336 e. The number of hydrogen-bond acceptors (Lipinski definition) is 6. The monoisotopic (exact) mass is 423 g/mol. The van der Waals surface area contributed by atoms with E-state index >= 15 is 0 Å². The van der Waals surface area contributed by atoms with Crippen molar-refractivity contribution < 1.29 is 9.21 Å². The van der Waals surface area contributed by atoms with Crippen molar-refractivity contribution in [2.75, 3.05) is 10.2 Å². The summed E-state index contributed by atoms with van der Waals surface area (Å²) in [5.74, 6) is 0.474. The molecule has 0 bridgehead atoms. The Morgan fingerprint density at radius 3 is 2.72 bits per heavy atom. The summed E-state index contributed by atoms with van der Waals surface area (Å²) >= 11 is 7.66. The molecule has 1 aliphatic heterocycles. The summed E-state index contributed by atoms with van der Waals surface area (Å²) in [5, 5.41) is 5.88. The van der Waals surface area contributed by atoms with Crippen LogP contribution in [-0.4, -0.2) is 16.3 Å². The summed E-state index contributed by atoms with van der Waals surface area (Å²) in [4.78, 5) is 29.9. The number of nitrogens with zero attached hydrogens (tertiary/aromatic N) is 2. The van der Waals surface area contributed by atoms with E-state index in [0.717, 1.165) is 16.6 Å². The van der Waals surface area contributed by atoms with Crippen molar-refractivity contribution in [2.45, 2.75) is 11.4 Å². The fraction of sp³-hybridized carbons (Fsp3) is 0.0952. The number of anilines is 3. The van der Waals surface area contributed by atoms with Crippen LogP contribution in [-0.2, 0) is 4.79 Å². The lowest BCUT2D eigenvalue weighted by Gasteiger charge is -2.42. The summed E-state index contributed by atoms with van der Waals surface area (Å²) in [5.41, 5.74) is 1.92. The topological polar surface area (TPSA) is 75.4 Å². The van der Waals surface area contributed by atoms with Gasteiger partial charge in [-0.25, -0.2) is 9.78 Å². The van der Waals surface area contributed by atoms with Crippen LogP contribution in [0.4, 0.5) is 16.6 Å². The summed E-state index contributed by atoms with van der Waals surface area (Å²) in [6, 6.07) is 18.0.